The first kappa shape index (κ1) is 11.5. The number of likely N-dealkylation sites (tertiary alicyclic amines) is 1. The molecule has 1 fully saturated rings. The number of carbonyl (C=O) groups is 2. The first-order chi connectivity index (χ1) is 7.97. The van der Waals surface area contributed by atoms with Crippen LogP contribution in [-0.4, -0.2) is 44.9 Å². The number of amides is 1. The summed E-state index contributed by atoms with van der Waals surface area (Å²) < 4.78 is 0. The summed E-state index contributed by atoms with van der Waals surface area (Å²) >= 11 is 0. The Hall–Kier alpha value is -1.98. The van der Waals surface area contributed by atoms with Crippen molar-refractivity contribution in [3.05, 3.63) is 23.3 Å². The number of nitrogens with zero attached hydrogens (tertiary/aromatic N) is 3. The van der Waals surface area contributed by atoms with Crippen LogP contribution in [0, 0.1) is 6.92 Å². The van der Waals surface area contributed by atoms with Crippen LogP contribution < -0.4 is 0 Å². The average molecular weight is 235 g/mol. The third-order valence-corrected chi connectivity index (χ3v) is 2.78. The Labute approximate surface area is 98.3 Å². The predicted octanol–water partition coefficient (Wildman–Crippen LogP) is 0.429. The normalized spacial score (nSPS) is 15.5. The van der Waals surface area contributed by atoms with Crippen molar-refractivity contribution in [3.8, 4) is 0 Å². The van der Waals surface area contributed by atoms with Crippen LogP contribution in [0.3, 0.4) is 0 Å². The van der Waals surface area contributed by atoms with E-state index in [2.05, 4.69) is 9.97 Å². The summed E-state index contributed by atoms with van der Waals surface area (Å²) in [6, 6.07) is 1.44. The molecule has 0 spiro atoms. The van der Waals surface area contributed by atoms with Gasteiger partial charge in [0.15, 0.2) is 5.69 Å². The molecule has 0 aromatic carbocycles. The maximum atomic E-state index is 11.0. The first-order valence-electron chi connectivity index (χ1n) is 5.31. The van der Waals surface area contributed by atoms with Gasteiger partial charge in [-0.05, 0) is 13.0 Å². The zero-order valence-corrected chi connectivity index (χ0v) is 9.67. The molecule has 6 heteroatoms. The predicted molar refractivity (Wildman–Crippen MR) is 58.7 cm³/mol. The van der Waals surface area contributed by atoms with Gasteiger partial charge in [-0.3, -0.25) is 4.79 Å². The lowest BCUT2D eigenvalue weighted by atomic mass is 9.99. The molecule has 0 saturated carbocycles. The van der Waals surface area contributed by atoms with E-state index in [0.29, 0.717) is 24.6 Å². The molecule has 2 heterocycles. The van der Waals surface area contributed by atoms with Crippen LogP contribution in [0.4, 0.5) is 0 Å². The first-order valence-corrected chi connectivity index (χ1v) is 5.31. The number of aryl methyl sites for hydroxylation is 1. The number of carbonyl (C=O) groups excluding carboxylic acids is 1. The average Bonchev–Trinajstić information content (AvgIpc) is 2.13. The number of aromatic nitrogens is 2. The zero-order valence-electron chi connectivity index (χ0n) is 9.67. The van der Waals surface area contributed by atoms with Gasteiger partial charge in [0.05, 0.1) is 5.92 Å². The van der Waals surface area contributed by atoms with Crippen LogP contribution in [0.15, 0.2) is 6.07 Å². The summed E-state index contributed by atoms with van der Waals surface area (Å²) in [5.41, 5.74) is 0.641. The number of aromatic carboxylic acids is 1. The summed E-state index contributed by atoms with van der Waals surface area (Å²) in [4.78, 5) is 31.8. The van der Waals surface area contributed by atoms with Crippen molar-refractivity contribution < 1.29 is 14.7 Å². The zero-order chi connectivity index (χ0) is 12.6. The molecule has 1 aromatic heterocycles. The van der Waals surface area contributed by atoms with Crippen LogP contribution in [0.2, 0.25) is 0 Å². The highest BCUT2D eigenvalue weighted by Crippen LogP contribution is 2.24. The Bertz CT molecular complexity index is 481. The second-order valence-electron chi connectivity index (χ2n) is 4.18. The van der Waals surface area contributed by atoms with E-state index in [9.17, 15) is 9.59 Å². The third-order valence-electron chi connectivity index (χ3n) is 2.78. The third kappa shape index (κ3) is 2.25. The maximum Gasteiger partial charge on any atom is 0.354 e. The second-order valence-corrected chi connectivity index (χ2v) is 4.18. The summed E-state index contributed by atoms with van der Waals surface area (Å²) in [7, 11) is 0. The van der Waals surface area contributed by atoms with Gasteiger partial charge in [0.2, 0.25) is 5.91 Å². The van der Waals surface area contributed by atoms with Crippen LogP contribution in [0.1, 0.15) is 34.8 Å². The van der Waals surface area contributed by atoms with Crippen molar-refractivity contribution in [3.63, 3.8) is 0 Å². The molecule has 6 nitrogen and oxygen atoms in total. The van der Waals surface area contributed by atoms with Crippen molar-refractivity contribution in [2.75, 3.05) is 13.1 Å². The largest absolute Gasteiger partial charge is 0.477 e. The van der Waals surface area contributed by atoms with E-state index in [1.165, 1.54) is 13.0 Å². The monoisotopic (exact) mass is 235 g/mol. The summed E-state index contributed by atoms with van der Waals surface area (Å²) in [5.74, 6) is -0.469. The van der Waals surface area contributed by atoms with E-state index >= 15 is 0 Å². The van der Waals surface area contributed by atoms with Crippen molar-refractivity contribution in [1.29, 1.82) is 0 Å². The van der Waals surface area contributed by atoms with E-state index in [4.69, 9.17) is 5.11 Å². The fourth-order valence-corrected chi connectivity index (χ4v) is 1.78. The lowest BCUT2D eigenvalue weighted by Gasteiger charge is -2.37. The van der Waals surface area contributed by atoms with E-state index in [-0.39, 0.29) is 17.5 Å². The van der Waals surface area contributed by atoms with Crippen LogP contribution >= 0.6 is 0 Å². The van der Waals surface area contributed by atoms with Gasteiger partial charge in [-0.15, -0.1) is 0 Å². The Morgan fingerprint density at radius 2 is 2.06 bits per heavy atom. The minimum absolute atomic E-state index is 0.00813. The molecule has 1 aliphatic rings. The van der Waals surface area contributed by atoms with Crippen LogP contribution in [-0.2, 0) is 4.79 Å². The van der Waals surface area contributed by atoms with Crippen LogP contribution in [0.25, 0.3) is 0 Å². The molecule has 90 valence electrons. The second kappa shape index (κ2) is 4.12. The van der Waals surface area contributed by atoms with Gasteiger partial charge < -0.3 is 10.0 Å². The summed E-state index contributed by atoms with van der Waals surface area (Å²) in [5, 5.41) is 8.89. The fraction of sp³-hybridized carbons (Fsp3) is 0.455. The lowest BCUT2D eigenvalue weighted by molar-refractivity contribution is -0.133. The van der Waals surface area contributed by atoms with Gasteiger partial charge in [0, 0.05) is 25.7 Å². The number of rotatable bonds is 2. The number of hydrogen-bond acceptors (Lipinski definition) is 4. The fourth-order valence-electron chi connectivity index (χ4n) is 1.78. The van der Waals surface area contributed by atoms with Gasteiger partial charge in [0.1, 0.15) is 5.82 Å². The molecule has 1 aromatic rings. The minimum Gasteiger partial charge on any atom is -0.477 e. The van der Waals surface area contributed by atoms with Crippen LogP contribution in [0.5, 0.6) is 0 Å². The highest BCUT2D eigenvalue weighted by molar-refractivity contribution is 5.85. The molecule has 0 aliphatic carbocycles. The van der Waals surface area contributed by atoms with Crippen molar-refractivity contribution in [2.45, 2.75) is 19.8 Å². The molecule has 1 aliphatic heterocycles. The summed E-state index contributed by atoms with van der Waals surface area (Å²) in [6.45, 7) is 4.38. The molecule has 2 rings (SSSR count). The Morgan fingerprint density at radius 3 is 2.59 bits per heavy atom. The molecule has 17 heavy (non-hydrogen) atoms. The van der Waals surface area contributed by atoms with Crippen molar-refractivity contribution >= 4 is 11.9 Å². The molecule has 1 saturated heterocycles. The Kier molecular flexibility index (Phi) is 2.79. The molecule has 1 amide bonds. The van der Waals surface area contributed by atoms with Crippen molar-refractivity contribution in [2.24, 2.45) is 0 Å². The minimum atomic E-state index is -1.06. The lowest BCUT2D eigenvalue weighted by Crippen LogP contribution is -2.48. The van der Waals surface area contributed by atoms with E-state index in [1.807, 2.05) is 0 Å². The highest BCUT2D eigenvalue weighted by atomic mass is 16.4. The van der Waals surface area contributed by atoms with E-state index in [0.717, 1.165) is 0 Å². The standard InChI is InChI=1S/C11H13N3O3/c1-6-3-9(11(16)17)13-10(12-6)8-4-14(5-8)7(2)15/h3,8H,4-5H2,1-2H3,(H,16,17). The van der Waals surface area contributed by atoms with Gasteiger partial charge in [-0.25, -0.2) is 14.8 Å². The van der Waals surface area contributed by atoms with Gasteiger partial charge in [0.25, 0.3) is 0 Å². The van der Waals surface area contributed by atoms with Gasteiger partial charge >= 0.3 is 5.97 Å². The smallest absolute Gasteiger partial charge is 0.354 e. The number of carboxylic acid groups (broad SMARTS) is 1. The molecule has 1 N–H and O–H groups in total. The quantitative estimate of drug-likeness (QED) is 0.803. The molecular weight excluding hydrogens is 222 g/mol. The SMILES string of the molecule is CC(=O)N1CC(c2nc(C)cc(C(=O)O)n2)C1. The van der Waals surface area contributed by atoms with Gasteiger partial charge in [-0.2, -0.15) is 0 Å². The maximum absolute atomic E-state index is 11.0. The molecule has 0 atom stereocenters. The Balaban J connectivity index is 2.18. The van der Waals surface area contributed by atoms with E-state index in [1.54, 1.807) is 11.8 Å². The molecular formula is C11H13N3O3. The molecule has 0 unspecified atom stereocenters. The Morgan fingerprint density at radius 1 is 1.41 bits per heavy atom. The molecule has 0 bridgehead atoms. The molecule has 0 radical (unpaired) electrons. The van der Waals surface area contributed by atoms with E-state index < -0.39 is 5.97 Å². The van der Waals surface area contributed by atoms with Gasteiger partial charge in [-0.1, -0.05) is 0 Å². The topological polar surface area (TPSA) is 83.4 Å². The highest BCUT2D eigenvalue weighted by Gasteiger charge is 2.32. The number of hydrogen-bond donors (Lipinski definition) is 1. The number of carboxylic acids is 1. The van der Waals surface area contributed by atoms with Crippen molar-refractivity contribution in [1.82, 2.24) is 14.9 Å². The summed E-state index contributed by atoms with van der Waals surface area (Å²) in [6.07, 6.45) is 0.